The molecule has 0 bridgehead atoms. The van der Waals surface area contributed by atoms with E-state index in [1.54, 1.807) is 11.8 Å². The molecule has 2 aromatic carbocycles. The van der Waals surface area contributed by atoms with Crippen LogP contribution in [0.25, 0.3) is 23.0 Å². The number of ether oxygens (including phenoxy) is 2. The highest BCUT2D eigenvalue weighted by atomic mass is 35.5. The van der Waals surface area contributed by atoms with Gasteiger partial charge in [0.15, 0.2) is 5.69 Å². The molecule has 4 aromatic rings. The highest BCUT2D eigenvalue weighted by molar-refractivity contribution is 6.33. The number of halogens is 2. The predicted octanol–water partition coefficient (Wildman–Crippen LogP) is 4.07. The fraction of sp³-hybridized carbons (Fsp3) is 0.200. The Hall–Kier alpha value is -3.30. The van der Waals surface area contributed by atoms with E-state index in [-0.39, 0.29) is 24.4 Å². The van der Waals surface area contributed by atoms with Gasteiger partial charge in [0.1, 0.15) is 17.7 Å². The molecular weight excluding hydrogens is 413 g/mol. The number of nitrogens with zero attached hydrogens (tertiary/aromatic N) is 5. The number of rotatable bonds is 4. The summed E-state index contributed by atoms with van der Waals surface area (Å²) in [5.74, 6) is 0.667. The Morgan fingerprint density at radius 2 is 2.03 bits per heavy atom. The number of aromatic nitrogens is 5. The summed E-state index contributed by atoms with van der Waals surface area (Å²) < 4.78 is 31.8. The molecule has 0 N–H and O–H groups in total. The quantitative estimate of drug-likeness (QED) is 0.485. The van der Waals surface area contributed by atoms with Crippen molar-refractivity contribution in [3.05, 3.63) is 64.6 Å². The molecule has 8 nitrogen and oxygen atoms in total. The SMILES string of the molecule is COc1ccc([C@H]2Cn3nnc(-c4noc(-c5cc(F)ccc5Cl)n4)c3CO2)cc1. The van der Waals surface area contributed by atoms with Gasteiger partial charge < -0.3 is 14.0 Å². The van der Waals surface area contributed by atoms with Gasteiger partial charge in [0.2, 0.25) is 5.82 Å². The lowest BCUT2D eigenvalue weighted by Crippen LogP contribution is -2.22. The highest BCUT2D eigenvalue weighted by Gasteiger charge is 2.28. The molecule has 1 aliphatic heterocycles. The molecule has 2 aromatic heterocycles. The first-order valence-electron chi connectivity index (χ1n) is 9.10. The van der Waals surface area contributed by atoms with E-state index in [9.17, 15) is 4.39 Å². The van der Waals surface area contributed by atoms with Gasteiger partial charge in [-0.25, -0.2) is 9.07 Å². The molecule has 0 unspecified atom stereocenters. The van der Waals surface area contributed by atoms with Crippen LogP contribution in [0.5, 0.6) is 5.75 Å². The largest absolute Gasteiger partial charge is 0.497 e. The summed E-state index contributed by atoms with van der Waals surface area (Å²) in [4.78, 5) is 4.32. The fourth-order valence-corrected chi connectivity index (χ4v) is 3.49. The van der Waals surface area contributed by atoms with Crippen molar-refractivity contribution < 1.29 is 18.4 Å². The Kier molecular flexibility index (Phi) is 4.68. The van der Waals surface area contributed by atoms with Gasteiger partial charge in [-0.2, -0.15) is 4.98 Å². The maximum atomic E-state index is 13.6. The first-order valence-corrected chi connectivity index (χ1v) is 9.47. The molecule has 0 radical (unpaired) electrons. The number of methoxy groups -OCH3 is 1. The second-order valence-electron chi connectivity index (χ2n) is 6.69. The summed E-state index contributed by atoms with van der Waals surface area (Å²) in [7, 11) is 1.63. The van der Waals surface area contributed by atoms with E-state index in [2.05, 4.69) is 20.5 Å². The molecule has 152 valence electrons. The van der Waals surface area contributed by atoms with Crippen molar-refractivity contribution in [3.8, 4) is 28.7 Å². The first kappa shape index (κ1) is 18.7. The molecule has 0 fully saturated rings. The lowest BCUT2D eigenvalue weighted by Gasteiger charge is -2.24. The van der Waals surface area contributed by atoms with Crippen LogP contribution in [0.1, 0.15) is 17.4 Å². The molecule has 0 saturated carbocycles. The van der Waals surface area contributed by atoms with Crippen LogP contribution in [0.4, 0.5) is 4.39 Å². The Morgan fingerprint density at radius 3 is 2.83 bits per heavy atom. The number of hydrogen-bond acceptors (Lipinski definition) is 7. The van der Waals surface area contributed by atoms with Gasteiger partial charge in [0.25, 0.3) is 5.89 Å². The summed E-state index contributed by atoms with van der Waals surface area (Å²) in [5.41, 5.74) is 2.51. The fourth-order valence-electron chi connectivity index (χ4n) is 3.30. The van der Waals surface area contributed by atoms with Gasteiger partial charge in [0, 0.05) is 0 Å². The minimum absolute atomic E-state index is 0.101. The third kappa shape index (κ3) is 3.31. The van der Waals surface area contributed by atoms with E-state index >= 15 is 0 Å². The molecule has 1 aliphatic rings. The second kappa shape index (κ2) is 7.51. The van der Waals surface area contributed by atoms with Crippen molar-refractivity contribution in [2.45, 2.75) is 19.3 Å². The van der Waals surface area contributed by atoms with Crippen LogP contribution in [0, 0.1) is 5.82 Å². The van der Waals surface area contributed by atoms with Crippen LogP contribution in [-0.4, -0.2) is 32.2 Å². The minimum Gasteiger partial charge on any atom is -0.497 e. The van der Waals surface area contributed by atoms with E-state index in [1.807, 2.05) is 24.3 Å². The predicted molar refractivity (Wildman–Crippen MR) is 104 cm³/mol. The number of fused-ring (bicyclic) bond motifs is 1. The maximum Gasteiger partial charge on any atom is 0.259 e. The van der Waals surface area contributed by atoms with Crippen molar-refractivity contribution in [3.63, 3.8) is 0 Å². The summed E-state index contributed by atoms with van der Waals surface area (Å²) in [5, 5.41) is 12.7. The average molecular weight is 428 g/mol. The van der Waals surface area contributed by atoms with E-state index in [0.29, 0.717) is 22.8 Å². The molecule has 1 atom stereocenters. The summed E-state index contributed by atoms with van der Waals surface area (Å²) in [6.07, 6.45) is -0.162. The second-order valence-corrected chi connectivity index (χ2v) is 7.09. The number of benzene rings is 2. The molecule has 0 saturated heterocycles. The molecule has 30 heavy (non-hydrogen) atoms. The molecule has 10 heteroatoms. The topological polar surface area (TPSA) is 88.1 Å². The van der Waals surface area contributed by atoms with Crippen LogP contribution in [0.3, 0.4) is 0 Å². The molecule has 0 amide bonds. The van der Waals surface area contributed by atoms with Crippen LogP contribution >= 0.6 is 11.6 Å². The summed E-state index contributed by atoms with van der Waals surface area (Å²) >= 11 is 6.12. The summed E-state index contributed by atoms with van der Waals surface area (Å²) in [6.45, 7) is 0.777. The lowest BCUT2D eigenvalue weighted by atomic mass is 10.1. The molecule has 0 aliphatic carbocycles. The van der Waals surface area contributed by atoms with E-state index in [1.165, 1.54) is 18.2 Å². The van der Waals surface area contributed by atoms with Crippen molar-refractivity contribution in [2.75, 3.05) is 7.11 Å². The van der Waals surface area contributed by atoms with Gasteiger partial charge in [-0.05, 0) is 35.9 Å². The van der Waals surface area contributed by atoms with Gasteiger partial charge in [0.05, 0.1) is 36.5 Å². The lowest BCUT2D eigenvalue weighted by molar-refractivity contribution is -0.00114. The molecule has 3 heterocycles. The normalized spacial score (nSPS) is 15.8. The Bertz CT molecular complexity index is 1210. The van der Waals surface area contributed by atoms with Crippen molar-refractivity contribution >= 4 is 11.6 Å². The van der Waals surface area contributed by atoms with E-state index in [0.717, 1.165) is 17.0 Å². The monoisotopic (exact) mass is 427 g/mol. The smallest absolute Gasteiger partial charge is 0.259 e. The van der Waals surface area contributed by atoms with Gasteiger partial charge >= 0.3 is 0 Å². The van der Waals surface area contributed by atoms with Crippen molar-refractivity contribution in [2.24, 2.45) is 0 Å². The van der Waals surface area contributed by atoms with Crippen molar-refractivity contribution in [1.82, 2.24) is 25.1 Å². The number of hydrogen-bond donors (Lipinski definition) is 0. The standard InChI is InChI=1S/C20H15ClFN5O3/c1-28-13-5-2-11(3-6-13)17-9-27-16(10-29-17)18(24-26-27)19-23-20(30-25-19)14-8-12(22)4-7-15(14)21/h2-8,17H,9-10H2,1H3/t17-/m1/s1. The third-order valence-corrected chi connectivity index (χ3v) is 5.21. The van der Waals surface area contributed by atoms with Crippen molar-refractivity contribution in [1.29, 1.82) is 0 Å². The van der Waals surface area contributed by atoms with E-state index in [4.69, 9.17) is 25.6 Å². The van der Waals surface area contributed by atoms with E-state index < -0.39 is 5.82 Å². The highest BCUT2D eigenvalue weighted by Crippen LogP contribution is 2.32. The van der Waals surface area contributed by atoms with Crippen LogP contribution in [-0.2, 0) is 17.9 Å². The van der Waals surface area contributed by atoms with Gasteiger partial charge in [-0.15, -0.1) is 5.10 Å². The molecular formula is C20H15ClFN5O3. The van der Waals surface area contributed by atoms with Crippen LogP contribution in [0.2, 0.25) is 5.02 Å². The Labute approximate surface area is 175 Å². The van der Waals surface area contributed by atoms with Crippen LogP contribution < -0.4 is 4.74 Å². The summed E-state index contributed by atoms with van der Waals surface area (Å²) in [6, 6.07) is 11.6. The minimum atomic E-state index is -0.451. The molecule has 5 rings (SSSR count). The zero-order chi connectivity index (χ0) is 20.7. The van der Waals surface area contributed by atoms with Gasteiger partial charge in [-0.1, -0.05) is 34.1 Å². The average Bonchev–Trinajstić information content (AvgIpc) is 3.42. The zero-order valence-electron chi connectivity index (χ0n) is 15.7. The van der Waals surface area contributed by atoms with Gasteiger partial charge in [-0.3, -0.25) is 0 Å². The third-order valence-electron chi connectivity index (χ3n) is 4.88. The zero-order valence-corrected chi connectivity index (χ0v) is 16.5. The van der Waals surface area contributed by atoms with Crippen LogP contribution in [0.15, 0.2) is 47.0 Å². The Morgan fingerprint density at radius 1 is 1.20 bits per heavy atom. The maximum absolute atomic E-state index is 13.6. The Balaban J connectivity index is 1.41. The first-order chi connectivity index (χ1) is 14.6. The molecule has 0 spiro atoms.